The molecule has 2 aromatic carbocycles. The molecule has 0 radical (unpaired) electrons. The first-order valence-corrected chi connectivity index (χ1v) is 8.91. The first-order valence-electron chi connectivity index (χ1n) is 8.91. The number of carboxylic acid groups (broad SMARTS) is 1. The van der Waals surface area contributed by atoms with E-state index in [0.717, 1.165) is 11.1 Å². The zero-order chi connectivity index (χ0) is 19.8. The van der Waals surface area contributed by atoms with E-state index >= 15 is 0 Å². The number of carbonyl (C=O) groups is 2. The van der Waals surface area contributed by atoms with Crippen molar-refractivity contribution in [2.75, 3.05) is 7.05 Å². The summed E-state index contributed by atoms with van der Waals surface area (Å²) in [5.41, 5.74) is 1.85. The summed E-state index contributed by atoms with van der Waals surface area (Å²) >= 11 is 0. The van der Waals surface area contributed by atoms with Gasteiger partial charge in [-0.1, -0.05) is 42.5 Å². The van der Waals surface area contributed by atoms with Crippen LogP contribution in [0.3, 0.4) is 0 Å². The third-order valence-electron chi connectivity index (χ3n) is 4.61. The maximum atomic E-state index is 13.1. The lowest BCUT2D eigenvalue weighted by molar-refractivity contribution is -0.137. The molecule has 144 valence electrons. The van der Waals surface area contributed by atoms with Crippen LogP contribution in [0.25, 0.3) is 0 Å². The maximum Gasteiger partial charge on any atom is 0.317 e. The topological polar surface area (TPSA) is 69.6 Å². The SMILES string of the molecule is CC(c1ccc(F)cc1)N(C)C(=O)NC(CCC(=O)O)Cc1ccccc1. The van der Waals surface area contributed by atoms with Crippen molar-refractivity contribution in [3.05, 3.63) is 71.5 Å². The molecule has 2 rings (SSSR count). The van der Waals surface area contributed by atoms with E-state index < -0.39 is 5.97 Å². The number of amides is 2. The zero-order valence-corrected chi connectivity index (χ0v) is 15.6. The van der Waals surface area contributed by atoms with Crippen molar-refractivity contribution < 1.29 is 19.1 Å². The molecule has 2 aromatic rings. The molecule has 0 saturated carbocycles. The van der Waals surface area contributed by atoms with E-state index in [-0.39, 0.29) is 30.4 Å². The molecule has 2 unspecified atom stereocenters. The highest BCUT2D eigenvalue weighted by Crippen LogP contribution is 2.19. The van der Waals surface area contributed by atoms with Crippen molar-refractivity contribution in [2.45, 2.75) is 38.3 Å². The average Bonchev–Trinajstić information content (AvgIpc) is 2.66. The normalized spacial score (nSPS) is 12.9. The van der Waals surface area contributed by atoms with Crippen LogP contribution in [-0.4, -0.2) is 35.1 Å². The largest absolute Gasteiger partial charge is 0.481 e. The molecular weight excluding hydrogens is 347 g/mol. The minimum atomic E-state index is -0.893. The first-order chi connectivity index (χ1) is 12.9. The second kappa shape index (κ2) is 9.71. The number of nitrogens with one attached hydrogen (secondary N) is 1. The molecule has 0 bridgehead atoms. The Hall–Kier alpha value is -2.89. The predicted molar refractivity (Wildman–Crippen MR) is 102 cm³/mol. The highest BCUT2D eigenvalue weighted by molar-refractivity contribution is 5.75. The van der Waals surface area contributed by atoms with E-state index in [0.29, 0.717) is 12.8 Å². The van der Waals surface area contributed by atoms with Crippen LogP contribution >= 0.6 is 0 Å². The van der Waals surface area contributed by atoms with Crippen LogP contribution in [0.5, 0.6) is 0 Å². The number of rotatable bonds is 8. The van der Waals surface area contributed by atoms with Gasteiger partial charge in [-0.15, -0.1) is 0 Å². The van der Waals surface area contributed by atoms with E-state index in [1.54, 1.807) is 19.2 Å². The Bertz CT molecular complexity index is 750. The van der Waals surface area contributed by atoms with Crippen LogP contribution < -0.4 is 5.32 Å². The second-order valence-electron chi connectivity index (χ2n) is 6.61. The Morgan fingerprint density at radius 3 is 2.33 bits per heavy atom. The van der Waals surface area contributed by atoms with Gasteiger partial charge in [-0.3, -0.25) is 4.79 Å². The zero-order valence-electron chi connectivity index (χ0n) is 15.6. The van der Waals surface area contributed by atoms with Crippen LogP contribution in [-0.2, 0) is 11.2 Å². The van der Waals surface area contributed by atoms with Crippen LogP contribution in [0.15, 0.2) is 54.6 Å². The second-order valence-corrected chi connectivity index (χ2v) is 6.61. The fraction of sp³-hybridized carbons (Fsp3) is 0.333. The van der Waals surface area contributed by atoms with Gasteiger partial charge in [-0.25, -0.2) is 9.18 Å². The minimum Gasteiger partial charge on any atom is -0.481 e. The molecule has 0 spiro atoms. The number of carbonyl (C=O) groups excluding carboxylic acids is 1. The van der Waals surface area contributed by atoms with Gasteiger partial charge < -0.3 is 15.3 Å². The molecule has 0 aliphatic rings. The van der Waals surface area contributed by atoms with E-state index in [9.17, 15) is 14.0 Å². The van der Waals surface area contributed by atoms with E-state index in [4.69, 9.17) is 5.11 Å². The summed E-state index contributed by atoms with van der Waals surface area (Å²) < 4.78 is 13.1. The summed E-state index contributed by atoms with van der Waals surface area (Å²) in [5.74, 6) is -1.22. The van der Waals surface area contributed by atoms with Crippen molar-refractivity contribution in [3.8, 4) is 0 Å². The molecule has 2 N–H and O–H groups in total. The van der Waals surface area contributed by atoms with Crippen LogP contribution in [0.4, 0.5) is 9.18 Å². The number of benzene rings is 2. The lowest BCUT2D eigenvalue weighted by Gasteiger charge is -2.28. The Balaban J connectivity index is 2.03. The van der Waals surface area contributed by atoms with Gasteiger partial charge in [0.05, 0.1) is 6.04 Å². The first kappa shape index (κ1) is 20.4. The molecule has 0 aliphatic carbocycles. The lowest BCUT2D eigenvalue weighted by atomic mass is 10.0. The quantitative estimate of drug-likeness (QED) is 0.736. The summed E-state index contributed by atoms with van der Waals surface area (Å²) in [5, 5.41) is 11.9. The molecule has 0 heterocycles. The van der Waals surface area contributed by atoms with Crippen molar-refractivity contribution in [3.63, 3.8) is 0 Å². The highest BCUT2D eigenvalue weighted by atomic mass is 19.1. The number of urea groups is 1. The molecule has 2 atom stereocenters. The van der Waals surface area contributed by atoms with Crippen molar-refractivity contribution in [1.29, 1.82) is 0 Å². The van der Waals surface area contributed by atoms with Gasteiger partial charge in [0.25, 0.3) is 0 Å². The summed E-state index contributed by atoms with van der Waals surface area (Å²) in [6.45, 7) is 1.86. The smallest absolute Gasteiger partial charge is 0.317 e. The van der Waals surface area contributed by atoms with Gasteiger partial charge >= 0.3 is 12.0 Å². The Morgan fingerprint density at radius 1 is 1.11 bits per heavy atom. The monoisotopic (exact) mass is 372 g/mol. The molecule has 0 fully saturated rings. The van der Waals surface area contributed by atoms with Crippen LogP contribution in [0.1, 0.15) is 36.9 Å². The van der Waals surface area contributed by atoms with Gasteiger partial charge in [0.1, 0.15) is 5.82 Å². The van der Waals surface area contributed by atoms with Crippen molar-refractivity contribution in [2.24, 2.45) is 0 Å². The van der Waals surface area contributed by atoms with Gasteiger partial charge in [0.2, 0.25) is 0 Å². The molecule has 0 saturated heterocycles. The third-order valence-corrected chi connectivity index (χ3v) is 4.61. The number of hydrogen-bond acceptors (Lipinski definition) is 2. The molecular formula is C21H25FN2O3. The molecule has 0 aliphatic heterocycles. The lowest BCUT2D eigenvalue weighted by Crippen LogP contribution is -2.45. The van der Waals surface area contributed by atoms with Gasteiger partial charge in [0, 0.05) is 19.5 Å². The van der Waals surface area contributed by atoms with Crippen LogP contribution in [0, 0.1) is 5.82 Å². The molecule has 27 heavy (non-hydrogen) atoms. The van der Waals surface area contributed by atoms with Gasteiger partial charge in [-0.2, -0.15) is 0 Å². The Morgan fingerprint density at radius 2 is 1.74 bits per heavy atom. The molecule has 5 nitrogen and oxygen atoms in total. The fourth-order valence-electron chi connectivity index (χ4n) is 2.84. The van der Waals surface area contributed by atoms with Gasteiger partial charge in [0.15, 0.2) is 0 Å². The predicted octanol–water partition coefficient (Wildman–Crippen LogP) is 4.00. The van der Waals surface area contributed by atoms with E-state index in [2.05, 4.69) is 5.32 Å². The Kier molecular flexibility index (Phi) is 7.34. The summed E-state index contributed by atoms with van der Waals surface area (Å²) in [6, 6.07) is 14.8. The van der Waals surface area contributed by atoms with Gasteiger partial charge in [-0.05, 0) is 43.0 Å². The Labute approximate surface area is 158 Å². The molecule has 2 amide bonds. The number of hydrogen-bond donors (Lipinski definition) is 2. The van der Waals surface area contributed by atoms with E-state index in [1.165, 1.54) is 17.0 Å². The number of nitrogens with zero attached hydrogens (tertiary/aromatic N) is 1. The highest BCUT2D eigenvalue weighted by Gasteiger charge is 2.21. The number of aliphatic carboxylic acids is 1. The maximum absolute atomic E-state index is 13.1. The van der Waals surface area contributed by atoms with Crippen molar-refractivity contribution in [1.82, 2.24) is 10.2 Å². The third kappa shape index (κ3) is 6.40. The van der Waals surface area contributed by atoms with Crippen LogP contribution in [0.2, 0.25) is 0 Å². The average molecular weight is 372 g/mol. The summed E-state index contributed by atoms with van der Waals surface area (Å²) in [6.07, 6.45) is 0.877. The molecule has 6 heteroatoms. The standard InChI is InChI=1S/C21H25FN2O3/c1-15(17-8-10-18(22)11-9-17)24(2)21(27)23-19(12-13-20(25)26)14-16-6-4-3-5-7-16/h3-11,15,19H,12-14H2,1-2H3,(H,23,27)(H,25,26). The summed E-state index contributed by atoms with van der Waals surface area (Å²) in [4.78, 5) is 25.1. The van der Waals surface area contributed by atoms with E-state index in [1.807, 2.05) is 37.3 Å². The fourth-order valence-corrected chi connectivity index (χ4v) is 2.84. The minimum absolute atomic E-state index is 0.0188. The number of carboxylic acids is 1. The summed E-state index contributed by atoms with van der Waals surface area (Å²) in [7, 11) is 1.67. The number of halogens is 1. The molecule has 0 aromatic heterocycles. The van der Waals surface area contributed by atoms with Crippen molar-refractivity contribution >= 4 is 12.0 Å².